The standard InChI is InChI=1S/C27H24N2O7/c1-32-15-10-12-21(34-3)18(13-15)24-23(25(30)17-11-9-16(33-2)14-22(17)35-4)27(36-29-24)19-7-5-6-8-20(19)28-26(27)31/h5-14,23H,1-4H3,(H,28,31)/t23-,27-/m0/s1. The van der Waals surface area contributed by atoms with Crippen LogP contribution in [0, 0.1) is 5.92 Å². The van der Waals surface area contributed by atoms with Gasteiger partial charge in [0.25, 0.3) is 11.5 Å². The maximum Gasteiger partial charge on any atom is 0.277 e. The minimum Gasteiger partial charge on any atom is -0.497 e. The summed E-state index contributed by atoms with van der Waals surface area (Å²) < 4.78 is 21.8. The van der Waals surface area contributed by atoms with E-state index in [1.54, 1.807) is 60.7 Å². The molecular weight excluding hydrogens is 464 g/mol. The minimum absolute atomic E-state index is 0.237. The van der Waals surface area contributed by atoms with Crippen molar-refractivity contribution < 1.29 is 33.4 Å². The molecule has 9 nitrogen and oxygen atoms in total. The fraction of sp³-hybridized carbons (Fsp3) is 0.222. The Hall–Kier alpha value is -4.53. The highest BCUT2D eigenvalue weighted by molar-refractivity contribution is 6.26. The van der Waals surface area contributed by atoms with Crippen molar-refractivity contribution in [3.63, 3.8) is 0 Å². The molecule has 0 fully saturated rings. The molecule has 36 heavy (non-hydrogen) atoms. The number of rotatable bonds is 7. The molecule has 1 N–H and O–H groups in total. The number of para-hydroxylation sites is 1. The Morgan fingerprint density at radius 3 is 2.31 bits per heavy atom. The van der Waals surface area contributed by atoms with E-state index in [1.165, 1.54) is 28.4 Å². The van der Waals surface area contributed by atoms with Crippen LogP contribution >= 0.6 is 0 Å². The zero-order chi connectivity index (χ0) is 25.4. The molecule has 2 aliphatic rings. The van der Waals surface area contributed by atoms with Crippen molar-refractivity contribution in [3.05, 3.63) is 77.4 Å². The van der Waals surface area contributed by atoms with Crippen molar-refractivity contribution in [2.45, 2.75) is 5.60 Å². The Balaban J connectivity index is 1.74. The largest absolute Gasteiger partial charge is 0.497 e. The summed E-state index contributed by atoms with van der Waals surface area (Å²) in [5, 5.41) is 7.17. The van der Waals surface area contributed by atoms with Gasteiger partial charge in [-0.15, -0.1) is 0 Å². The Labute approximate surface area is 207 Å². The number of anilines is 1. The molecule has 0 aliphatic carbocycles. The summed E-state index contributed by atoms with van der Waals surface area (Å²) in [5.74, 6) is -0.277. The second kappa shape index (κ2) is 8.92. The molecule has 1 amide bonds. The minimum atomic E-state index is -1.72. The maximum atomic E-state index is 14.3. The topological polar surface area (TPSA) is 105 Å². The number of ether oxygens (including phenoxy) is 4. The number of carbonyl (C=O) groups is 2. The van der Waals surface area contributed by atoms with Crippen LogP contribution in [0.4, 0.5) is 5.69 Å². The van der Waals surface area contributed by atoms with Gasteiger partial charge in [0.2, 0.25) is 0 Å². The molecule has 0 aromatic heterocycles. The monoisotopic (exact) mass is 488 g/mol. The number of ketones is 1. The number of oxime groups is 1. The lowest BCUT2D eigenvalue weighted by atomic mass is 9.74. The van der Waals surface area contributed by atoms with E-state index >= 15 is 0 Å². The van der Waals surface area contributed by atoms with E-state index in [2.05, 4.69) is 10.5 Å². The van der Waals surface area contributed by atoms with Gasteiger partial charge < -0.3 is 29.1 Å². The summed E-state index contributed by atoms with van der Waals surface area (Å²) in [7, 11) is 6.03. The quantitative estimate of drug-likeness (QED) is 0.505. The zero-order valence-electron chi connectivity index (χ0n) is 20.2. The highest BCUT2D eigenvalue weighted by Gasteiger charge is 2.63. The summed E-state index contributed by atoms with van der Waals surface area (Å²) in [4.78, 5) is 33.8. The van der Waals surface area contributed by atoms with Crippen LogP contribution in [0.1, 0.15) is 21.5 Å². The van der Waals surface area contributed by atoms with Crippen LogP contribution < -0.4 is 24.3 Å². The summed E-state index contributed by atoms with van der Waals surface area (Å²) in [6, 6.07) is 17.1. The van der Waals surface area contributed by atoms with Gasteiger partial charge in [-0.2, -0.15) is 0 Å². The molecule has 2 atom stereocenters. The van der Waals surface area contributed by atoms with Crippen molar-refractivity contribution >= 4 is 23.1 Å². The van der Waals surface area contributed by atoms with Gasteiger partial charge in [-0.3, -0.25) is 9.59 Å². The molecule has 0 bridgehead atoms. The molecule has 0 radical (unpaired) electrons. The molecular formula is C27H24N2O7. The number of Topliss-reactive ketones (excluding diaryl/α,β-unsaturated/α-hetero) is 1. The third-order valence-corrected chi connectivity index (χ3v) is 6.50. The number of hydrogen-bond donors (Lipinski definition) is 1. The third kappa shape index (κ3) is 3.35. The fourth-order valence-corrected chi connectivity index (χ4v) is 4.74. The Morgan fingerprint density at radius 1 is 0.889 bits per heavy atom. The van der Waals surface area contributed by atoms with Gasteiger partial charge in [0, 0.05) is 22.9 Å². The van der Waals surface area contributed by atoms with Crippen molar-refractivity contribution in [3.8, 4) is 23.0 Å². The summed E-state index contributed by atoms with van der Waals surface area (Å²) in [6.45, 7) is 0. The molecule has 0 unspecified atom stereocenters. The first kappa shape index (κ1) is 23.2. The lowest BCUT2D eigenvalue weighted by Gasteiger charge is -2.27. The number of benzene rings is 3. The molecule has 2 heterocycles. The smallest absolute Gasteiger partial charge is 0.277 e. The number of carbonyl (C=O) groups excluding carboxylic acids is 2. The number of nitrogens with zero attached hydrogens (tertiary/aromatic N) is 1. The molecule has 3 aromatic rings. The number of hydrogen-bond acceptors (Lipinski definition) is 8. The zero-order valence-corrected chi connectivity index (χ0v) is 20.2. The van der Waals surface area contributed by atoms with Crippen molar-refractivity contribution in [1.82, 2.24) is 0 Å². The molecule has 9 heteroatoms. The van der Waals surface area contributed by atoms with Crippen LogP contribution in [0.2, 0.25) is 0 Å². The SMILES string of the molecule is COc1ccc(C(=O)[C@@H]2C(c3cc(OC)ccc3OC)=NO[C@]23C(=O)Nc2ccccc23)c(OC)c1. The van der Waals surface area contributed by atoms with Crippen molar-refractivity contribution in [2.75, 3.05) is 33.8 Å². The van der Waals surface area contributed by atoms with E-state index in [4.69, 9.17) is 23.8 Å². The van der Waals surface area contributed by atoms with Crippen LogP contribution in [0.15, 0.2) is 65.8 Å². The van der Waals surface area contributed by atoms with Crippen LogP contribution in [0.3, 0.4) is 0 Å². The van der Waals surface area contributed by atoms with E-state index in [0.29, 0.717) is 39.8 Å². The lowest BCUT2D eigenvalue weighted by molar-refractivity contribution is -0.140. The first-order valence-corrected chi connectivity index (χ1v) is 11.1. The highest BCUT2D eigenvalue weighted by Crippen LogP contribution is 2.51. The van der Waals surface area contributed by atoms with Crippen LogP contribution in [0.25, 0.3) is 0 Å². The molecule has 3 aromatic carbocycles. The van der Waals surface area contributed by atoms with Crippen molar-refractivity contribution in [1.29, 1.82) is 0 Å². The fourth-order valence-electron chi connectivity index (χ4n) is 4.74. The predicted molar refractivity (Wildman–Crippen MR) is 131 cm³/mol. The highest BCUT2D eigenvalue weighted by atomic mass is 16.7. The second-order valence-electron chi connectivity index (χ2n) is 8.23. The molecule has 2 aliphatic heterocycles. The molecule has 0 saturated heterocycles. The first-order valence-electron chi connectivity index (χ1n) is 11.1. The lowest BCUT2D eigenvalue weighted by Crippen LogP contribution is -2.46. The number of nitrogens with one attached hydrogen (secondary N) is 1. The van der Waals surface area contributed by atoms with Crippen LogP contribution in [-0.4, -0.2) is 45.8 Å². The Kier molecular flexibility index (Phi) is 5.75. The van der Waals surface area contributed by atoms with Gasteiger partial charge in [-0.1, -0.05) is 23.4 Å². The van der Waals surface area contributed by atoms with E-state index in [1.807, 2.05) is 0 Å². The summed E-state index contributed by atoms with van der Waals surface area (Å²) >= 11 is 0. The van der Waals surface area contributed by atoms with Gasteiger partial charge in [0.15, 0.2) is 5.78 Å². The second-order valence-corrected chi connectivity index (χ2v) is 8.23. The van der Waals surface area contributed by atoms with Crippen LogP contribution in [-0.2, 0) is 15.2 Å². The number of methoxy groups -OCH3 is 4. The normalized spacial score (nSPS) is 19.7. The van der Waals surface area contributed by atoms with E-state index in [-0.39, 0.29) is 11.3 Å². The number of fused-ring (bicyclic) bond motifs is 2. The van der Waals surface area contributed by atoms with Crippen molar-refractivity contribution in [2.24, 2.45) is 11.1 Å². The van der Waals surface area contributed by atoms with E-state index in [0.717, 1.165) is 0 Å². The molecule has 184 valence electrons. The maximum absolute atomic E-state index is 14.3. The molecule has 1 spiro atoms. The van der Waals surface area contributed by atoms with E-state index in [9.17, 15) is 9.59 Å². The Morgan fingerprint density at radius 2 is 1.58 bits per heavy atom. The summed E-state index contributed by atoms with van der Waals surface area (Å²) in [6.07, 6.45) is 0. The van der Waals surface area contributed by atoms with Gasteiger partial charge in [0.1, 0.15) is 34.6 Å². The molecule has 0 saturated carbocycles. The third-order valence-electron chi connectivity index (χ3n) is 6.50. The Bertz CT molecular complexity index is 1400. The average Bonchev–Trinajstić information content (AvgIpc) is 3.46. The summed E-state index contributed by atoms with van der Waals surface area (Å²) in [5.41, 5.74) is 0.303. The first-order chi connectivity index (χ1) is 17.5. The van der Waals surface area contributed by atoms with Crippen LogP contribution in [0.5, 0.6) is 23.0 Å². The predicted octanol–water partition coefficient (Wildman–Crippen LogP) is 3.80. The van der Waals surface area contributed by atoms with Gasteiger partial charge in [-0.05, 0) is 36.4 Å². The average molecular weight is 488 g/mol. The van der Waals surface area contributed by atoms with Gasteiger partial charge in [0.05, 0.1) is 34.0 Å². The molecule has 5 rings (SSSR count). The van der Waals surface area contributed by atoms with Gasteiger partial charge in [-0.25, -0.2) is 0 Å². The van der Waals surface area contributed by atoms with Gasteiger partial charge >= 0.3 is 0 Å². The number of amides is 1. The van der Waals surface area contributed by atoms with E-state index < -0.39 is 23.2 Å².